The van der Waals surface area contributed by atoms with Crippen molar-refractivity contribution >= 4 is 0 Å². The molecule has 1 aliphatic rings. The van der Waals surface area contributed by atoms with E-state index < -0.39 is 17.5 Å². The molecule has 1 fully saturated rings. The maximum Gasteiger partial charge on any atom is 0.244 e. The Morgan fingerprint density at radius 3 is 2.65 bits per heavy atom. The minimum absolute atomic E-state index is 0.0712. The zero-order chi connectivity index (χ0) is 16.6. The van der Waals surface area contributed by atoms with Crippen LogP contribution in [0.4, 0.5) is 13.2 Å². The van der Waals surface area contributed by atoms with Crippen molar-refractivity contribution < 1.29 is 22.4 Å². The summed E-state index contributed by atoms with van der Waals surface area (Å²) in [6, 6.07) is 1.18. The molecular formula is C15H16F3N3O2. The lowest BCUT2D eigenvalue weighted by Crippen LogP contribution is -2.25. The van der Waals surface area contributed by atoms with Crippen molar-refractivity contribution in [3.05, 3.63) is 46.9 Å². The summed E-state index contributed by atoms with van der Waals surface area (Å²) in [5.74, 6) is -2.16. The van der Waals surface area contributed by atoms with E-state index in [9.17, 15) is 13.2 Å². The number of hydrogen-bond acceptors (Lipinski definition) is 5. The molecular weight excluding hydrogens is 311 g/mol. The van der Waals surface area contributed by atoms with Gasteiger partial charge in [-0.3, -0.25) is 4.90 Å². The largest absolute Gasteiger partial charge is 0.380 e. The highest BCUT2D eigenvalue weighted by atomic mass is 19.2. The molecule has 8 heteroatoms. The highest BCUT2D eigenvalue weighted by Gasteiger charge is 2.37. The monoisotopic (exact) mass is 327 g/mol. The molecule has 23 heavy (non-hydrogen) atoms. The van der Waals surface area contributed by atoms with Gasteiger partial charge in [0.05, 0.1) is 12.1 Å². The van der Waals surface area contributed by atoms with Gasteiger partial charge in [0.2, 0.25) is 5.89 Å². The molecule has 2 atom stereocenters. The summed E-state index contributed by atoms with van der Waals surface area (Å²) in [5, 5.41) is 3.76. The first-order valence-corrected chi connectivity index (χ1v) is 7.18. The molecule has 0 spiro atoms. The smallest absolute Gasteiger partial charge is 0.244 e. The zero-order valence-corrected chi connectivity index (χ0v) is 12.7. The summed E-state index contributed by atoms with van der Waals surface area (Å²) >= 11 is 0. The number of rotatable bonds is 4. The van der Waals surface area contributed by atoms with Crippen LogP contribution in [-0.2, 0) is 11.3 Å². The highest BCUT2D eigenvalue weighted by molar-refractivity contribution is 5.20. The van der Waals surface area contributed by atoms with Gasteiger partial charge in [0.25, 0.3) is 0 Å². The van der Waals surface area contributed by atoms with Gasteiger partial charge in [-0.15, -0.1) is 0 Å². The van der Waals surface area contributed by atoms with Gasteiger partial charge in [-0.2, -0.15) is 4.98 Å². The fraction of sp³-hybridized carbons (Fsp3) is 0.467. The molecule has 1 aliphatic heterocycles. The number of nitrogens with zero attached hydrogens (tertiary/aromatic N) is 3. The van der Waals surface area contributed by atoms with E-state index in [2.05, 4.69) is 10.1 Å². The first kappa shape index (κ1) is 15.9. The summed E-state index contributed by atoms with van der Waals surface area (Å²) in [6.45, 7) is 2.30. The summed E-state index contributed by atoms with van der Waals surface area (Å²) in [4.78, 5) is 6.06. The van der Waals surface area contributed by atoms with Crippen LogP contribution < -0.4 is 0 Å². The van der Waals surface area contributed by atoms with E-state index in [1.165, 1.54) is 0 Å². The standard InChI is InChI=1S/C15H16F3N3O2/c1-8-19-15(23-20-8)14-4-10(22-2)7-21(14)6-9-3-12(17)13(18)5-11(9)16/h3,5,10,14H,4,6-7H2,1-2H3/t10-,14-/m1/s1. The van der Waals surface area contributed by atoms with Crippen LogP contribution in [0, 0.1) is 24.4 Å². The lowest BCUT2D eigenvalue weighted by molar-refractivity contribution is 0.107. The zero-order valence-electron chi connectivity index (χ0n) is 12.7. The number of hydrogen-bond donors (Lipinski definition) is 0. The number of ether oxygens (including phenoxy) is 1. The third kappa shape index (κ3) is 3.23. The quantitative estimate of drug-likeness (QED) is 0.808. The van der Waals surface area contributed by atoms with E-state index in [0.717, 1.165) is 6.07 Å². The van der Waals surface area contributed by atoms with Crippen molar-refractivity contribution in [1.29, 1.82) is 0 Å². The lowest BCUT2D eigenvalue weighted by Gasteiger charge is -2.21. The Hall–Kier alpha value is -1.93. The molecule has 2 heterocycles. The van der Waals surface area contributed by atoms with Gasteiger partial charge in [-0.1, -0.05) is 5.16 Å². The van der Waals surface area contributed by atoms with Crippen molar-refractivity contribution in [3.63, 3.8) is 0 Å². The Kier molecular flexibility index (Phi) is 4.36. The van der Waals surface area contributed by atoms with E-state index in [4.69, 9.17) is 9.26 Å². The molecule has 0 unspecified atom stereocenters. The SMILES string of the molecule is CO[C@@H]1C[C@H](c2nc(C)no2)N(Cc2cc(F)c(F)cc2F)C1. The van der Waals surface area contributed by atoms with E-state index >= 15 is 0 Å². The molecule has 2 aromatic rings. The maximum absolute atomic E-state index is 13.9. The van der Waals surface area contributed by atoms with E-state index in [0.29, 0.717) is 30.7 Å². The molecule has 0 radical (unpaired) electrons. The van der Waals surface area contributed by atoms with Gasteiger partial charge >= 0.3 is 0 Å². The molecule has 1 aromatic heterocycles. The topological polar surface area (TPSA) is 51.4 Å². The van der Waals surface area contributed by atoms with E-state index in [1.807, 2.05) is 4.90 Å². The molecule has 5 nitrogen and oxygen atoms in total. The van der Waals surface area contributed by atoms with Crippen molar-refractivity contribution in [2.45, 2.75) is 32.0 Å². The third-order valence-corrected chi connectivity index (χ3v) is 3.99. The fourth-order valence-electron chi connectivity index (χ4n) is 2.82. The average molecular weight is 327 g/mol. The third-order valence-electron chi connectivity index (χ3n) is 3.99. The maximum atomic E-state index is 13.9. The Labute approximate surface area is 131 Å². The lowest BCUT2D eigenvalue weighted by atomic mass is 10.1. The number of halogens is 3. The minimum atomic E-state index is -1.20. The minimum Gasteiger partial charge on any atom is -0.380 e. The van der Waals surface area contributed by atoms with E-state index in [-0.39, 0.29) is 24.3 Å². The Balaban J connectivity index is 1.86. The van der Waals surface area contributed by atoms with Crippen molar-refractivity contribution in [3.8, 4) is 0 Å². The van der Waals surface area contributed by atoms with Gasteiger partial charge < -0.3 is 9.26 Å². The Bertz CT molecular complexity index is 707. The van der Waals surface area contributed by atoms with Crippen LogP contribution in [0.1, 0.15) is 29.7 Å². The highest BCUT2D eigenvalue weighted by Crippen LogP contribution is 2.34. The molecule has 0 aliphatic carbocycles. The van der Waals surface area contributed by atoms with Gasteiger partial charge in [0.15, 0.2) is 17.5 Å². The molecule has 3 rings (SSSR count). The van der Waals surface area contributed by atoms with Crippen LogP contribution in [0.5, 0.6) is 0 Å². The fourth-order valence-corrected chi connectivity index (χ4v) is 2.82. The second-order valence-electron chi connectivity index (χ2n) is 5.58. The van der Waals surface area contributed by atoms with Crippen LogP contribution in [0.15, 0.2) is 16.7 Å². The summed E-state index contributed by atoms with van der Waals surface area (Å²) < 4.78 is 50.9. The first-order valence-electron chi connectivity index (χ1n) is 7.18. The number of methoxy groups -OCH3 is 1. The number of aromatic nitrogens is 2. The van der Waals surface area contributed by atoms with Crippen LogP contribution >= 0.6 is 0 Å². The molecule has 0 N–H and O–H groups in total. The number of aryl methyl sites for hydroxylation is 1. The van der Waals surface area contributed by atoms with Gasteiger partial charge in [-0.05, 0) is 19.4 Å². The van der Waals surface area contributed by atoms with Crippen LogP contribution in [0.3, 0.4) is 0 Å². The molecule has 0 amide bonds. The predicted octanol–water partition coefficient (Wildman–Crippen LogP) is 2.76. The predicted molar refractivity (Wildman–Crippen MR) is 73.9 cm³/mol. The van der Waals surface area contributed by atoms with Crippen LogP contribution in [-0.4, -0.2) is 34.8 Å². The van der Waals surface area contributed by atoms with Gasteiger partial charge in [0, 0.05) is 31.8 Å². The summed E-state index contributed by atoms with van der Waals surface area (Å²) in [6.07, 6.45) is 0.518. The van der Waals surface area contributed by atoms with Crippen molar-refractivity contribution in [2.24, 2.45) is 0 Å². The number of likely N-dealkylation sites (tertiary alicyclic amines) is 1. The first-order chi connectivity index (χ1) is 11.0. The van der Waals surface area contributed by atoms with Gasteiger partial charge in [0.1, 0.15) is 5.82 Å². The van der Waals surface area contributed by atoms with Crippen molar-refractivity contribution in [2.75, 3.05) is 13.7 Å². The Morgan fingerprint density at radius 2 is 2.00 bits per heavy atom. The molecule has 1 saturated heterocycles. The summed E-state index contributed by atoms with van der Waals surface area (Å²) in [7, 11) is 1.59. The van der Waals surface area contributed by atoms with Crippen molar-refractivity contribution in [1.82, 2.24) is 15.0 Å². The van der Waals surface area contributed by atoms with Gasteiger partial charge in [-0.25, -0.2) is 13.2 Å². The summed E-state index contributed by atoms with van der Waals surface area (Å²) in [5.41, 5.74) is 0.0712. The average Bonchev–Trinajstić information content (AvgIpc) is 3.10. The molecule has 124 valence electrons. The van der Waals surface area contributed by atoms with Crippen LogP contribution in [0.25, 0.3) is 0 Å². The van der Waals surface area contributed by atoms with Crippen LogP contribution in [0.2, 0.25) is 0 Å². The molecule has 1 aromatic carbocycles. The number of benzene rings is 1. The second-order valence-corrected chi connectivity index (χ2v) is 5.58. The molecule has 0 saturated carbocycles. The normalized spacial score (nSPS) is 22.0. The Morgan fingerprint density at radius 1 is 1.26 bits per heavy atom. The molecule has 0 bridgehead atoms. The second kappa shape index (κ2) is 6.29. The van der Waals surface area contributed by atoms with E-state index in [1.54, 1.807) is 14.0 Å².